The molecule has 0 radical (unpaired) electrons. The molecule has 0 spiro atoms. The molecular weight excluding hydrogens is 316 g/mol. The van der Waals surface area contributed by atoms with Crippen LogP contribution in [0.15, 0.2) is 59.5 Å². The minimum atomic E-state index is -0.801. The third-order valence-electron chi connectivity index (χ3n) is 3.21. The first-order valence-corrected chi connectivity index (χ1v) is 8.02. The standard InChI is InChI=1S/C17H15ClN2OS/c18-14-6-8-15(9-7-14)22-16(10-13(11-19)17(20)21)12-4-2-1-3-5-12/h1-9,13,16H,10H2,(H2,20,21). The molecule has 2 unspecified atom stereocenters. The minimum absolute atomic E-state index is 0.0282. The number of nitriles is 1. The molecule has 0 fully saturated rings. The van der Waals surface area contributed by atoms with Crippen molar-refractivity contribution in [3.8, 4) is 6.07 Å². The highest BCUT2D eigenvalue weighted by Crippen LogP contribution is 2.39. The van der Waals surface area contributed by atoms with Crippen LogP contribution in [0.1, 0.15) is 17.2 Å². The van der Waals surface area contributed by atoms with E-state index in [1.54, 1.807) is 11.8 Å². The average molecular weight is 331 g/mol. The van der Waals surface area contributed by atoms with Gasteiger partial charge < -0.3 is 5.73 Å². The summed E-state index contributed by atoms with van der Waals surface area (Å²) in [6.07, 6.45) is 0.378. The average Bonchev–Trinajstić information content (AvgIpc) is 2.53. The first-order chi connectivity index (χ1) is 10.6. The van der Waals surface area contributed by atoms with E-state index in [4.69, 9.17) is 22.6 Å². The van der Waals surface area contributed by atoms with Gasteiger partial charge in [0.2, 0.25) is 5.91 Å². The lowest BCUT2D eigenvalue weighted by atomic mass is 10.00. The van der Waals surface area contributed by atoms with Crippen LogP contribution in [0.25, 0.3) is 0 Å². The summed E-state index contributed by atoms with van der Waals surface area (Å²) >= 11 is 7.49. The number of carbonyl (C=O) groups is 1. The summed E-state index contributed by atoms with van der Waals surface area (Å²) in [5, 5.41) is 9.76. The molecule has 2 rings (SSSR count). The third kappa shape index (κ3) is 4.52. The fourth-order valence-electron chi connectivity index (χ4n) is 2.04. The van der Waals surface area contributed by atoms with Gasteiger partial charge in [0.05, 0.1) is 6.07 Å². The Morgan fingerprint density at radius 3 is 2.36 bits per heavy atom. The maximum absolute atomic E-state index is 11.4. The van der Waals surface area contributed by atoms with Crippen LogP contribution in [0.3, 0.4) is 0 Å². The maximum atomic E-state index is 11.4. The predicted molar refractivity (Wildman–Crippen MR) is 89.4 cm³/mol. The van der Waals surface area contributed by atoms with Crippen molar-refractivity contribution in [2.45, 2.75) is 16.6 Å². The van der Waals surface area contributed by atoms with Gasteiger partial charge in [-0.1, -0.05) is 41.9 Å². The van der Waals surface area contributed by atoms with Gasteiger partial charge in [0.25, 0.3) is 0 Å². The largest absolute Gasteiger partial charge is 0.369 e. The second kappa shape index (κ2) is 7.88. The van der Waals surface area contributed by atoms with Crippen LogP contribution in [-0.2, 0) is 4.79 Å². The van der Waals surface area contributed by atoms with Crippen molar-refractivity contribution >= 4 is 29.3 Å². The Morgan fingerprint density at radius 2 is 1.82 bits per heavy atom. The first kappa shape index (κ1) is 16.4. The van der Waals surface area contributed by atoms with Crippen LogP contribution in [0.4, 0.5) is 0 Å². The van der Waals surface area contributed by atoms with E-state index in [9.17, 15) is 4.79 Å². The summed E-state index contributed by atoms with van der Waals surface area (Å²) in [4.78, 5) is 12.4. The summed E-state index contributed by atoms with van der Waals surface area (Å²) in [5.74, 6) is -1.38. The fourth-order valence-corrected chi connectivity index (χ4v) is 3.37. The Balaban J connectivity index is 2.24. The molecule has 0 saturated heterocycles. The fraction of sp³-hybridized carbons (Fsp3) is 0.176. The van der Waals surface area contributed by atoms with Crippen molar-refractivity contribution in [2.24, 2.45) is 11.7 Å². The molecule has 22 heavy (non-hydrogen) atoms. The monoisotopic (exact) mass is 330 g/mol. The zero-order valence-corrected chi connectivity index (χ0v) is 13.3. The van der Waals surface area contributed by atoms with E-state index in [1.165, 1.54) is 0 Å². The van der Waals surface area contributed by atoms with Crippen molar-refractivity contribution < 1.29 is 4.79 Å². The number of thioether (sulfide) groups is 1. The van der Waals surface area contributed by atoms with Crippen LogP contribution in [-0.4, -0.2) is 5.91 Å². The van der Waals surface area contributed by atoms with Crippen molar-refractivity contribution in [1.82, 2.24) is 0 Å². The maximum Gasteiger partial charge on any atom is 0.234 e. The van der Waals surface area contributed by atoms with Gasteiger partial charge in [-0.05, 0) is 36.2 Å². The Labute approximate surface area is 139 Å². The van der Waals surface area contributed by atoms with Crippen molar-refractivity contribution in [2.75, 3.05) is 0 Å². The zero-order chi connectivity index (χ0) is 15.9. The molecule has 2 aromatic carbocycles. The van der Waals surface area contributed by atoms with Gasteiger partial charge in [0.1, 0.15) is 5.92 Å². The summed E-state index contributed by atoms with van der Waals surface area (Å²) in [7, 11) is 0. The van der Waals surface area contributed by atoms with Crippen LogP contribution >= 0.6 is 23.4 Å². The van der Waals surface area contributed by atoms with Crippen LogP contribution < -0.4 is 5.73 Å². The second-order valence-corrected chi connectivity index (χ2v) is 6.50. The van der Waals surface area contributed by atoms with Crippen LogP contribution in [0.5, 0.6) is 0 Å². The molecule has 0 aliphatic heterocycles. The number of primary amides is 1. The molecule has 0 aromatic heterocycles. The lowest BCUT2D eigenvalue weighted by Crippen LogP contribution is -2.23. The summed E-state index contributed by atoms with van der Waals surface area (Å²) in [6.45, 7) is 0. The summed E-state index contributed by atoms with van der Waals surface area (Å²) in [6, 6.07) is 19.3. The number of carbonyl (C=O) groups excluding carboxylic acids is 1. The zero-order valence-electron chi connectivity index (χ0n) is 11.8. The lowest BCUT2D eigenvalue weighted by Gasteiger charge is -2.18. The van der Waals surface area contributed by atoms with Crippen molar-refractivity contribution in [3.05, 3.63) is 65.2 Å². The van der Waals surface area contributed by atoms with Crippen LogP contribution in [0, 0.1) is 17.2 Å². The van der Waals surface area contributed by atoms with Gasteiger partial charge in [0.15, 0.2) is 0 Å². The molecule has 2 atom stereocenters. The smallest absolute Gasteiger partial charge is 0.234 e. The number of hydrogen-bond acceptors (Lipinski definition) is 3. The van der Waals surface area contributed by atoms with Gasteiger partial charge in [-0.25, -0.2) is 0 Å². The minimum Gasteiger partial charge on any atom is -0.369 e. The molecule has 5 heteroatoms. The number of benzene rings is 2. The predicted octanol–water partition coefficient (Wildman–Crippen LogP) is 4.19. The quantitative estimate of drug-likeness (QED) is 0.807. The van der Waals surface area contributed by atoms with Crippen molar-refractivity contribution in [1.29, 1.82) is 5.26 Å². The number of hydrogen-bond donors (Lipinski definition) is 1. The number of rotatable bonds is 6. The topological polar surface area (TPSA) is 66.9 Å². The molecule has 0 bridgehead atoms. The SMILES string of the molecule is N#CC(CC(Sc1ccc(Cl)cc1)c1ccccc1)C(N)=O. The molecule has 0 heterocycles. The van der Waals surface area contributed by atoms with E-state index < -0.39 is 11.8 Å². The normalized spacial score (nSPS) is 13.1. The molecule has 2 aromatic rings. The highest BCUT2D eigenvalue weighted by atomic mass is 35.5. The third-order valence-corrected chi connectivity index (χ3v) is 4.76. The number of amides is 1. The molecular formula is C17H15ClN2OS. The van der Waals surface area contributed by atoms with E-state index >= 15 is 0 Å². The van der Waals surface area contributed by atoms with Crippen molar-refractivity contribution in [3.63, 3.8) is 0 Å². The summed E-state index contributed by atoms with van der Waals surface area (Å²) < 4.78 is 0. The highest BCUT2D eigenvalue weighted by Gasteiger charge is 2.23. The van der Waals surface area contributed by atoms with Gasteiger partial charge >= 0.3 is 0 Å². The molecule has 112 valence electrons. The Bertz CT molecular complexity index is 667. The van der Waals surface area contributed by atoms with E-state index in [-0.39, 0.29) is 5.25 Å². The van der Waals surface area contributed by atoms with Gasteiger partial charge in [0, 0.05) is 15.2 Å². The van der Waals surface area contributed by atoms with Gasteiger partial charge in [-0.3, -0.25) is 4.79 Å². The molecule has 0 aliphatic rings. The molecule has 2 N–H and O–H groups in total. The highest BCUT2D eigenvalue weighted by molar-refractivity contribution is 7.99. The second-order valence-electron chi connectivity index (χ2n) is 4.79. The van der Waals surface area contributed by atoms with E-state index in [1.807, 2.05) is 60.7 Å². The Hall–Kier alpha value is -1.96. The number of nitrogens with two attached hydrogens (primary N) is 1. The Kier molecular flexibility index (Phi) is 5.88. The molecule has 3 nitrogen and oxygen atoms in total. The summed E-state index contributed by atoms with van der Waals surface area (Å²) in [5.41, 5.74) is 6.36. The van der Waals surface area contributed by atoms with E-state index in [0.717, 1.165) is 10.5 Å². The van der Waals surface area contributed by atoms with Gasteiger partial charge in [-0.2, -0.15) is 5.26 Å². The van der Waals surface area contributed by atoms with Crippen LogP contribution in [0.2, 0.25) is 5.02 Å². The van der Waals surface area contributed by atoms with E-state index in [2.05, 4.69) is 0 Å². The molecule has 0 aliphatic carbocycles. The Morgan fingerprint density at radius 1 is 1.18 bits per heavy atom. The lowest BCUT2D eigenvalue weighted by molar-refractivity contribution is -0.120. The van der Waals surface area contributed by atoms with E-state index in [0.29, 0.717) is 11.4 Å². The van der Waals surface area contributed by atoms with Gasteiger partial charge in [-0.15, -0.1) is 11.8 Å². The molecule has 0 saturated carbocycles. The number of nitrogens with zero attached hydrogens (tertiary/aromatic N) is 1. The first-order valence-electron chi connectivity index (χ1n) is 6.76. The molecule has 1 amide bonds. The number of halogens is 1.